The van der Waals surface area contributed by atoms with E-state index in [-0.39, 0.29) is 0 Å². The second-order valence-corrected chi connectivity index (χ2v) is 5.28. The van der Waals surface area contributed by atoms with E-state index in [1.54, 1.807) is 11.3 Å². The van der Waals surface area contributed by atoms with Crippen LogP contribution in [0.3, 0.4) is 0 Å². The molecule has 1 N–H and O–H groups in total. The van der Waals surface area contributed by atoms with E-state index in [1.807, 2.05) is 0 Å². The Morgan fingerprint density at radius 2 is 2.53 bits per heavy atom. The summed E-state index contributed by atoms with van der Waals surface area (Å²) in [4.78, 5) is 1.34. The van der Waals surface area contributed by atoms with Gasteiger partial charge in [-0.05, 0) is 33.8 Å². The van der Waals surface area contributed by atoms with Crippen LogP contribution in [0, 0.1) is 0 Å². The molecule has 5 heteroatoms. The fourth-order valence-electron chi connectivity index (χ4n) is 1.46. The van der Waals surface area contributed by atoms with Crippen LogP contribution < -0.4 is 5.32 Å². The van der Waals surface area contributed by atoms with Crippen LogP contribution in [0.25, 0.3) is 0 Å². The van der Waals surface area contributed by atoms with Crippen LogP contribution in [0.5, 0.6) is 0 Å². The van der Waals surface area contributed by atoms with Crippen molar-refractivity contribution in [2.24, 2.45) is 0 Å². The summed E-state index contributed by atoms with van der Waals surface area (Å²) in [5.74, 6) is 0. The Bertz CT molecular complexity index is 299. The molecule has 15 heavy (non-hydrogen) atoms. The maximum atomic E-state index is 5.43. The van der Waals surface area contributed by atoms with E-state index in [9.17, 15) is 0 Å². The van der Waals surface area contributed by atoms with Gasteiger partial charge in [-0.15, -0.1) is 11.3 Å². The molecule has 0 aliphatic carbocycles. The maximum absolute atomic E-state index is 5.43. The van der Waals surface area contributed by atoms with Gasteiger partial charge in [0.2, 0.25) is 0 Å². The Morgan fingerprint density at radius 1 is 1.60 bits per heavy atom. The fourth-order valence-corrected chi connectivity index (χ4v) is 2.92. The van der Waals surface area contributed by atoms with Gasteiger partial charge in [-0.1, -0.05) is 0 Å². The van der Waals surface area contributed by atoms with E-state index in [0.29, 0.717) is 12.9 Å². The van der Waals surface area contributed by atoms with Crippen molar-refractivity contribution in [2.75, 3.05) is 19.9 Å². The summed E-state index contributed by atoms with van der Waals surface area (Å²) < 4.78 is 11.7. The first-order valence-electron chi connectivity index (χ1n) is 4.98. The summed E-state index contributed by atoms with van der Waals surface area (Å²) in [6.45, 7) is 3.05. The third-order valence-corrected chi connectivity index (χ3v) is 4.25. The van der Waals surface area contributed by atoms with Crippen LogP contribution in [0.15, 0.2) is 15.9 Å². The van der Waals surface area contributed by atoms with Crippen LogP contribution in [0.4, 0.5) is 0 Å². The Labute approximate surface area is 102 Å². The van der Waals surface area contributed by atoms with E-state index in [4.69, 9.17) is 9.47 Å². The first-order chi connectivity index (χ1) is 7.36. The lowest BCUT2D eigenvalue weighted by molar-refractivity contribution is -0.137. The number of thiophene rings is 1. The Morgan fingerprint density at radius 3 is 3.20 bits per heavy atom. The zero-order valence-corrected chi connectivity index (χ0v) is 10.8. The number of hydrogen-bond donors (Lipinski definition) is 1. The lowest BCUT2D eigenvalue weighted by Gasteiger charge is -2.22. The van der Waals surface area contributed by atoms with Crippen LogP contribution in [-0.2, 0) is 16.0 Å². The molecule has 1 aliphatic heterocycles. The summed E-state index contributed by atoms with van der Waals surface area (Å²) in [6, 6.07) is 2.08. The molecule has 0 saturated carbocycles. The van der Waals surface area contributed by atoms with Gasteiger partial charge >= 0.3 is 0 Å². The smallest absolute Gasteiger partial charge is 0.147 e. The molecule has 0 radical (unpaired) electrons. The highest BCUT2D eigenvalue weighted by Crippen LogP contribution is 2.22. The number of rotatable bonds is 4. The van der Waals surface area contributed by atoms with E-state index in [0.717, 1.165) is 26.1 Å². The lowest BCUT2D eigenvalue weighted by Crippen LogP contribution is -2.33. The molecule has 1 aliphatic rings. The van der Waals surface area contributed by atoms with Gasteiger partial charge in [-0.25, -0.2) is 0 Å². The van der Waals surface area contributed by atoms with Gasteiger partial charge in [0.05, 0.1) is 12.7 Å². The van der Waals surface area contributed by atoms with Crippen molar-refractivity contribution in [1.82, 2.24) is 5.32 Å². The topological polar surface area (TPSA) is 30.5 Å². The van der Waals surface area contributed by atoms with Crippen molar-refractivity contribution in [3.8, 4) is 0 Å². The molecule has 0 amide bonds. The normalized spacial score (nSPS) is 21.8. The highest BCUT2D eigenvalue weighted by atomic mass is 79.9. The average molecular weight is 292 g/mol. The second-order valence-electron chi connectivity index (χ2n) is 3.43. The summed E-state index contributed by atoms with van der Waals surface area (Å²) in [6.07, 6.45) is 1.29. The second kappa shape index (κ2) is 5.96. The van der Waals surface area contributed by atoms with E-state index < -0.39 is 0 Å². The van der Waals surface area contributed by atoms with Crippen molar-refractivity contribution >= 4 is 27.3 Å². The van der Waals surface area contributed by atoms with Gasteiger partial charge < -0.3 is 14.8 Å². The van der Waals surface area contributed by atoms with E-state index in [2.05, 4.69) is 32.7 Å². The van der Waals surface area contributed by atoms with Crippen LogP contribution in [0.2, 0.25) is 0 Å². The average Bonchev–Trinajstić information content (AvgIpc) is 2.66. The Hall–Kier alpha value is 0.0600. The molecule has 1 saturated heterocycles. The van der Waals surface area contributed by atoms with E-state index >= 15 is 0 Å². The molecule has 1 aromatic rings. The third kappa shape index (κ3) is 3.53. The highest BCUT2D eigenvalue weighted by molar-refractivity contribution is 9.10. The largest absolute Gasteiger partial charge is 0.355 e. The molecule has 1 aromatic heterocycles. The molecular formula is C10H14BrNO2S. The lowest BCUT2D eigenvalue weighted by atomic mass is 10.2. The van der Waals surface area contributed by atoms with Crippen molar-refractivity contribution in [2.45, 2.75) is 19.1 Å². The summed E-state index contributed by atoms with van der Waals surface area (Å²) in [5, 5.41) is 5.49. The maximum Gasteiger partial charge on any atom is 0.147 e. The molecule has 2 heterocycles. The molecular weight excluding hydrogens is 278 g/mol. The SMILES string of the molecule is Brc1ccsc1CNCC1CCOCO1. The number of hydrogen-bond acceptors (Lipinski definition) is 4. The Kier molecular flexibility index (Phi) is 4.59. The van der Waals surface area contributed by atoms with Crippen molar-refractivity contribution in [3.63, 3.8) is 0 Å². The van der Waals surface area contributed by atoms with Crippen LogP contribution in [-0.4, -0.2) is 26.0 Å². The predicted molar refractivity (Wildman–Crippen MR) is 64.0 cm³/mol. The van der Waals surface area contributed by atoms with E-state index in [1.165, 1.54) is 9.35 Å². The van der Waals surface area contributed by atoms with Crippen LogP contribution in [0.1, 0.15) is 11.3 Å². The van der Waals surface area contributed by atoms with Crippen LogP contribution >= 0.6 is 27.3 Å². The van der Waals surface area contributed by atoms with Gasteiger partial charge in [0.25, 0.3) is 0 Å². The standard InChI is InChI=1S/C10H14BrNO2S/c11-9-2-4-15-10(9)6-12-5-8-1-3-13-7-14-8/h2,4,8,12H,1,3,5-7H2. The number of nitrogens with one attached hydrogen (secondary N) is 1. The molecule has 0 bridgehead atoms. The first-order valence-corrected chi connectivity index (χ1v) is 6.65. The van der Waals surface area contributed by atoms with Crippen molar-refractivity contribution in [1.29, 1.82) is 0 Å². The van der Waals surface area contributed by atoms with Gasteiger partial charge in [0.15, 0.2) is 0 Å². The fraction of sp³-hybridized carbons (Fsp3) is 0.600. The van der Waals surface area contributed by atoms with Crippen molar-refractivity contribution in [3.05, 3.63) is 20.8 Å². The minimum absolute atomic E-state index is 0.303. The quantitative estimate of drug-likeness (QED) is 0.924. The summed E-state index contributed by atoms with van der Waals surface area (Å²) in [7, 11) is 0. The molecule has 2 rings (SSSR count). The zero-order chi connectivity index (χ0) is 10.5. The zero-order valence-electron chi connectivity index (χ0n) is 8.37. The predicted octanol–water partition coefficient (Wildman–Crippen LogP) is 2.36. The van der Waals surface area contributed by atoms with Gasteiger partial charge in [-0.3, -0.25) is 0 Å². The molecule has 1 fully saturated rings. The van der Waals surface area contributed by atoms with Gasteiger partial charge in [0.1, 0.15) is 6.79 Å². The minimum atomic E-state index is 0.303. The van der Waals surface area contributed by atoms with Crippen molar-refractivity contribution < 1.29 is 9.47 Å². The third-order valence-electron chi connectivity index (χ3n) is 2.32. The van der Waals surface area contributed by atoms with Gasteiger partial charge in [0, 0.05) is 22.4 Å². The summed E-state index contributed by atoms with van der Waals surface area (Å²) >= 11 is 5.27. The molecule has 84 valence electrons. The number of halogens is 1. The highest BCUT2D eigenvalue weighted by Gasteiger charge is 2.13. The minimum Gasteiger partial charge on any atom is -0.355 e. The molecule has 1 unspecified atom stereocenters. The first kappa shape index (κ1) is 11.5. The molecule has 0 aromatic carbocycles. The number of ether oxygens (including phenoxy) is 2. The van der Waals surface area contributed by atoms with Gasteiger partial charge in [-0.2, -0.15) is 0 Å². The molecule has 3 nitrogen and oxygen atoms in total. The molecule has 1 atom stereocenters. The monoisotopic (exact) mass is 291 g/mol. The molecule has 0 spiro atoms. The Balaban J connectivity index is 1.68. The summed E-state index contributed by atoms with van der Waals surface area (Å²) in [5.41, 5.74) is 0.